The van der Waals surface area contributed by atoms with Crippen molar-refractivity contribution in [3.05, 3.63) is 35.3 Å². The highest BCUT2D eigenvalue weighted by Crippen LogP contribution is 2.35. The van der Waals surface area contributed by atoms with E-state index in [9.17, 15) is 37.1 Å². The first-order valence-corrected chi connectivity index (χ1v) is 13.0. The monoisotopic (exact) mass is 585 g/mol. The van der Waals surface area contributed by atoms with Crippen molar-refractivity contribution >= 4 is 17.9 Å². The summed E-state index contributed by atoms with van der Waals surface area (Å²) in [5.74, 6) is -1.37. The number of piperidine rings is 1. The molecule has 1 saturated heterocycles. The third-order valence-corrected chi connectivity index (χ3v) is 6.58. The maximum absolute atomic E-state index is 14.2. The summed E-state index contributed by atoms with van der Waals surface area (Å²) in [5.41, 5.74) is -2.13. The van der Waals surface area contributed by atoms with E-state index in [-0.39, 0.29) is 55.2 Å². The molecule has 2 aromatic rings. The van der Waals surface area contributed by atoms with Gasteiger partial charge in [-0.15, -0.1) is 0 Å². The summed E-state index contributed by atoms with van der Waals surface area (Å²) >= 11 is 0. The minimum absolute atomic E-state index is 0.00289. The molecule has 41 heavy (non-hydrogen) atoms. The molecule has 0 saturated carbocycles. The van der Waals surface area contributed by atoms with E-state index in [4.69, 9.17) is 9.15 Å². The van der Waals surface area contributed by atoms with Crippen LogP contribution in [0.4, 0.5) is 22.4 Å². The molecule has 0 aromatic carbocycles. The smallest absolute Gasteiger partial charge is 0.433 e. The molecule has 4 rings (SSSR count). The summed E-state index contributed by atoms with van der Waals surface area (Å²) in [7, 11) is 0. The summed E-state index contributed by atoms with van der Waals surface area (Å²) in [5, 5.41) is 12.7. The minimum atomic E-state index is -4.76. The summed E-state index contributed by atoms with van der Waals surface area (Å²) in [6.07, 6.45) is -8.75. The Bertz CT molecular complexity index is 1280. The van der Waals surface area contributed by atoms with E-state index in [0.29, 0.717) is 0 Å². The van der Waals surface area contributed by atoms with Gasteiger partial charge in [0, 0.05) is 31.5 Å². The predicted molar refractivity (Wildman–Crippen MR) is 133 cm³/mol. The number of carbonyl (C=O) groups excluding carboxylic acids is 3. The Morgan fingerprint density at radius 1 is 1.24 bits per heavy atom. The number of amides is 3. The molecule has 0 bridgehead atoms. The van der Waals surface area contributed by atoms with E-state index in [1.807, 2.05) is 0 Å². The molecule has 15 heteroatoms. The van der Waals surface area contributed by atoms with Gasteiger partial charge in [0.1, 0.15) is 11.8 Å². The number of halogens is 4. The second-order valence-corrected chi connectivity index (χ2v) is 10.9. The van der Waals surface area contributed by atoms with Crippen molar-refractivity contribution in [2.24, 2.45) is 0 Å². The van der Waals surface area contributed by atoms with Crippen LogP contribution in [0.25, 0.3) is 11.6 Å². The molecule has 3 atom stereocenters. The van der Waals surface area contributed by atoms with Crippen LogP contribution in [-0.2, 0) is 33.5 Å². The Balaban J connectivity index is 1.55. The topological polar surface area (TPSA) is 138 Å². The Hall–Kier alpha value is -3.75. The maximum atomic E-state index is 14.2. The molecule has 2 aliphatic heterocycles. The molecular weight excluding hydrogens is 554 g/mol. The Labute approximate surface area is 232 Å². The van der Waals surface area contributed by atoms with Crippen LogP contribution in [0, 0.1) is 0 Å². The van der Waals surface area contributed by atoms with Crippen molar-refractivity contribution in [2.75, 3.05) is 13.1 Å². The van der Waals surface area contributed by atoms with Crippen LogP contribution in [0.1, 0.15) is 57.0 Å². The second-order valence-electron chi connectivity index (χ2n) is 10.9. The third-order valence-electron chi connectivity index (χ3n) is 6.58. The van der Waals surface area contributed by atoms with E-state index >= 15 is 0 Å². The van der Waals surface area contributed by atoms with Gasteiger partial charge in [-0.2, -0.15) is 13.2 Å². The normalized spacial score (nSPS) is 20.4. The van der Waals surface area contributed by atoms with Crippen LogP contribution in [-0.4, -0.2) is 79.9 Å². The molecule has 2 unspecified atom stereocenters. The number of aliphatic hydroxyl groups excluding tert-OH is 1. The van der Waals surface area contributed by atoms with E-state index in [1.54, 1.807) is 20.8 Å². The fraction of sp³-hybridized carbons (Fsp3) is 0.577. The lowest BCUT2D eigenvalue weighted by Crippen LogP contribution is -2.56. The Kier molecular flexibility index (Phi) is 8.57. The average Bonchev–Trinajstić information content (AvgIpc) is 3.41. The Morgan fingerprint density at radius 3 is 2.61 bits per heavy atom. The van der Waals surface area contributed by atoms with Gasteiger partial charge in [-0.05, 0) is 45.7 Å². The number of alkyl halides is 4. The van der Waals surface area contributed by atoms with Gasteiger partial charge in [-0.3, -0.25) is 9.59 Å². The van der Waals surface area contributed by atoms with Crippen molar-refractivity contribution in [1.29, 1.82) is 0 Å². The van der Waals surface area contributed by atoms with Crippen LogP contribution >= 0.6 is 0 Å². The first kappa shape index (κ1) is 30.2. The third kappa shape index (κ3) is 7.31. The predicted octanol–water partition coefficient (Wildman–Crippen LogP) is 3.20. The zero-order chi connectivity index (χ0) is 30.1. The van der Waals surface area contributed by atoms with Gasteiger partial charge in [-0.25, -0.2) is 19.2 Å². The molecule has 224 valence electrons. The van der Waals surface area contributed by atoms with E-state index in [2.05, 4.69) is 15.3 Å². The molecule has 1 fully saturated rings. The number of likely N-dealkylation sites (tertiary alicyclic amines) is 1. The molecule has 2 aromatic heterocycles. The van der Waals surface area contributed by atoms with Gasteiger partial charge >= 0.3 is 12.3 Å². The number of rotatable bonds is 6. The summed E-state index contributed by atoms with van der Waals surface area (Å²) in [6.45, 7) is 4.12. The number of nitrogens with one attached hydrogen (secondary N) is 1. The lowest BCUT2D eigenvalue weighted by Gasteiger charge is -2.37. The summed E-state index contributed by atoms with van der Waals surface area (Å²) in [6, 6.07) is 1.80. The molecule has 0 radical (unpaired) electrons. The van der Waals surface area contributed by atoms with Gasteiger partial charge in [0.2, 0.25) is 11.8 Å². The highest BCUT2D eigenvalue weighted by atomic mass is 19.4. The zero-order valence-electron chi connectivity index (χ0n) is 22.7. The van der Waals surface area contributed by atoms with Crippen LogP contribution in [0.5, 0.6) is 0 Å². The minimum Gasteiger partial charge on any atom is -0.461 e. The summed E-state index contributed by atoms with van der Waals surface area (Å²) in [4.78, 5) is 48.3. The lowest BCUT2D eigenvalue weighted by molar-refractivity contribution is -0.156. The van der Waals surface area contributed by atoms with Gasteiger partial charge in [0.25, 0.3) is 0 Å². The molecule has 2 N–H and O–H groups in total. The highest BCUT2D eigenvalue weighted by Gasteiger charge is 2.40. The van der Waals surface area contributed by atoms with E-state index in [1.165, 1.54) is 23.3 Å². The van der Waals surface area contributed by atoms with Crippen molar-refractivity contribution < 1.29 is 46.2 Å². The second kappa shape index (κ2) is 11.6. The molecular formula is C26H31F4N5O6. The largest absolute Gasteiger partial charge is 0.461 e. The molecule has 0 spiro atoms. The summed E-state index contributed by atoms with van der Waals surface area (Å²) < 4.78 is 66.1. The number of ether oxygens (including phenoxy) is 1. The number of furan rings is 1. The lowest BCUT2D eigenvalue weighted by atomic mass is 10.0. The van der Waals surface area contributed by atoms with Crippen molar-refractivity contribution in [3.63, 3.8) is 0 Å². The molecule has 4 heterocycles. The molecule has 3 amide bonds. The van der Waals surface area contributed by atoms with Crippen LogP contribution in [0.3, 0.4) is 0 Å². The highest BCUT2D eigenvalue weighted by molar-refractivity contribution is 5.80. The number of fused-ring (bicyclic) bond motifs is 1. The standard InChI is InChI=1S/C26H31F4N5O6/c1-25(2,3)41-24(39)31-14(12-35-19(36)7-6-16(27)23(35)38)11-20(37)34-9-8-15-17(13-34)32-22(18-5-4-10-40-18)33-21(15)26(28,29)30/h4-5,10,14,16,23,38H,6-9,11-13H2,1-3H3,(H,31,39)/t14-,16?,23?/m0/s1. The van der Waals surface area contributed by atoms with Crippen molar-refractivity contribution in [2.45, 2.75) is 83.2 Å². The van der Waals surface area contributed by atoms with Gasteiger partial charge in [0.15, 0.2) is 23.5 Å². The molecule has 11 nitrogen and oxygen atoms in total. The fourth-order valence-electron chi connectivity index (χ4n) is 4.71. The van der Waals surface area contributed by atoms with Gasteiger partial charge < -0.3 is 29.4 Å². The number of aromatic nitrogens is 2. The SMILES string of the molecule is CC(C)(C)OC(=O)N[C@@H](CC(=O)N1CCc2c(nc(-c3ccco3)nc2C(F)(F)F)C1)CN1C(=O)CCC(F)C1O. The quantitative estimate of drug-likeness (QED) is 0.493. The van der Waals surface area contributed by atoms with Crippen LogP contribution < -0.4 is 5.32 Å². The van der Waals surface area contributed by atoms with Crippen LogP contribution in [0.2, 0.25) is 0 Å². The van der Waals surface area contributed by atoms with Crippen molar-refractivity contribution in [1.82, 2.24) is 25.1 Å². The molecule has 0 aliphatic carbocycles. The fourth-order valence-corrected chi connectivity index (χ4v) is 4.71. The number of nitrogens with zero attached hydrogens (tertiary/aromatic N) is 4. The van der Waals surface area contributed by atoms with Crippen LogP contribution in [0.15, 0.2) is 22.8 Å². The molecule has 2 aliphatic rings. The van der Waals surface area contributed by atoms with E-state index in [0.717, 1.165) is 4.90 Å². The maximum Gasteiger partial charge on any atom is 0.433 e. The Morgan fingerprint density at radius 2 is 1.98 bits per heavy atom. The number of hydrogen-bond donors (Lipinski definition) is 2. The number of hydrogen-bond acceptors (Lipinski definition) is 8. The van der Waals surface area contributed by atoms with E-state index < -0.39 is 66.8 Å². The van der Waals surface area contributed by atoms with Gasteiger partial charge in [-0.1, -0.05) is 0 Å². The zero-order valence-corrected chi connectivity index (χ0v) is 22.7. The first-order chi connectivity index (χ1) is 19.1. The number of alkyl carbamates (subject to hydrolysis) is 1. The average molecular weight is 586 g/mol. The first-order valence-electron chi connectivity index (χ1n) is 13.0. The van der Waals surface area contributed by atoms with Crippen molar-refractivity contribution in [3.8, 4) is 11.6 Å². The number of carbonyl (C=O) groups is 3. The van der Waals surface area contributed by atoms with Gasteiger partial charge in [0.05, 0.1) is 24.5 Å². The number of aliphatic hydroxyl groups is 1.